The maximum absolute atomic E-state index is 12.4. The molecule has 1 aromatic heterocycles. The van der Waals surface area contributed by atoms with Crippen LogP contribution in [0.15, 0.2) is 6.07 Å². The standard InChI is InChI=1S/C17H25N3O3/c1-11-8-12(2)20(18-11)7-3-4-16(21)19-9-14(13-5-6-13)15(10-19)17(22)23/h8,13-15H,3-7,9-10H2,1-2H3,(H,22,23)/t14-,15+/m1/s1. The van der Waals surface area contributed by atoms with Crippen molar-refractivity contribution in [3.63, 3.8) is 0 Å². The summed E-state index contributed by atoms with van der Waals surface area (Å²) in [6, 6.07) is 2.03. The lowest BCUT2D eigenvalue weighted by molar-refractivity contribution is -0.142. The SMILES string of the molecule is Cc1cc(C)n(CCCC(=O)N2C[C@H](C(=O)O)[C@@H](C3CC3)C2)n1. The van der Waals surface area contributed by atoms with Crippen molar-refractivity contribution < 1.29 is 14.7 Å². The summed E-state index contributed by atoms with van der Waals surface area (Å²) in [5, 5.41) is 13.8. The van der Waals surface area contributed by atoms with E-state index in [-0.39, 0.29) is 17.7 Å². The highest BCUT2D eigenvalue weighted by Gasteiger charge is 2.46. The second-order valence-electron chi connectivity index (χ2n) is 7.00. The predicted octanol–water partition coefficient (Wildman–Crippen LogP) is 1.85. The Balaban J connectivity index is 1.50. The quantitative estimate of drug-likeness (QED) is 0.868. The van der Waals surface area contributed by atoms with E-state index >= 15 is 0 Å². The molecule has 0 spiro atoms. The summed E-state index contributed by atoms with van der Waals surface area (Å²) in [4.78, 5) is 25.6. The van der Waals surface area contributed by atoms with Gasteiger partial charge in [-0.2, -0.15) is 5.10 Å². The number of hydrogen-bond acceptors (Lipinski definition) is 3. The van der Waals surface area contributed by atoms with Gasteiger partial charge in [-0.05, 0) is 51.0 Å². The van der Waals surface area contributed by atoms with Gasteiger partial charge in [0, 0.05) is 31.7 Å². The third kappa shape index (κ3) is 3.57. The molecule has 1 amide bonds. The first kappa shape index (κ1) is 16.0. The Morgan fingerprint density at radius 2 is 2.04 bits per heavy atom. The first-order valence-corrected chi connectivity index (χ1v) is 8.47. The van der Waals surface area contributed by atoms with E-state index in [1.165, 1.54) is 0 Å². The van der Waals surface area contributed by atoms with Crippen LogP contribution in [-0.4, -0.2) is 44.8 Å². The lowest BCUT2D eigenvalue weighted by Gasteiger charge is -2.16. The molecule has 6 nitrogen and oxygen atoms in total. The normalized spacial score (nSPS) is 24.2. The molecule has 0 bridgehead atoms. The van der Waals surface area contributed by atoms with Gasteiger partial charge in [0.2, 0.25) is 5.91 Å². The highest BCUT2D eigenvalue weighted by Crippen LogP contribution is 2.44. The Kier molecular flexibility index (Phi) is 4.41. The third-order valence-corrected chi connectivity index (χ3v) is 5.13. The molecule has 2 fully saturated rings. The zero-order valence-corrected chi connectivity index (χ0v) is 13.9. The molecule has 2 heterocycles. The molecule has 0 unspecified atom stereocenters. The monoisotopic (exact) mass is 319 g/mol. The largest absolute Gasteiger partial charge is 0.481 e. The molecule has 1 saturated heterocycles. The van der Waals surface area contributed by atoms with Crippen molar-refractivity contribution >= 4 is 11.9 Å². The molecule has 6 heteroatoms. The summed E-state index contributed by atoms with van der Waals surface area (Å²) in [6.45, 7) is 5.71. The maximum atomic E-state index is 12.4. The first-order valence-electron chi connectivity index (χ1n) is 8.47. The van der Waals surface area contributed by atoms with Crippen molar-refractivity contribution in [3.8, 4) is 0 Å². The van der Waals surface area contributed by atoms with Crippen molar-refractivity contribution in [3.05, 3.63) is 17.5 Å². The number of carboxylic acids is 1. The summed E-state index contributed by atoms with van der Waals surface area (Å²) >= 11 is 0. The van der Waals surface area contributed by atoms with Gasteiger partial charge in [-0.3, -0.25) is 14.3 Å². The van der Waals surface area contributed by atoms with Crippen LogP contribution in [0, 0.1) is 31.6 Å². The average Bonchev–Trinajstić information content (AvgIpc) is 3.14. The number of aromatic nitrogens is 2. The Labute approximate surface area is 136 Å². The van der Waals surface area contributed by atoms with Gasteiger partial charge in [0.25, 0.3) is 0 Å². The number of likely N-dealkylation sites (tertiary alicyclic amines) is 1. The molecule has 2 atom stereocenters. The highest BCUT2D eigenvalue weighted by molar-refractivity contribution is 5.79. The molecule has 1 aliphatic heterocycles. The third-order valence-electron chi connectivity index (χ3n) is 5.13. The Morgan fingerprint density at radius 3 is 2.61 bits per heavy atom. The van der Waals surface area contributed by atoms with Crippen molar-refractivity contribution in [2.45, 2.75) is 46.1 Å². The smallest absolute Gasteiger partial charge is 0.308 e. The molecule has 1 N–H and O–H groups in total. The van der Waals surface area contributed by atoms with Crippen LogP contribution in [0.3, 0.4) is 0 Å². The zero-order chi connectivity index (χ0) is 16.6. The number of amides is 1. The molecule has 0 radical (unpaired) electrons. The van der Waals surface area contributed by atoms with E-state index in [1.807, 2.05) is 24.6 Å². The lowest BCUT2D eigenvalue weighted by Crippen LogP contribution is -2.30. The van der Waals surface area contributed by atoms with Crippen LogP contribution in [0.1, 0.15) is 37.1 Å². The number of rotatable bonds is 6. The maximum Gasteiger partial charge on any atom is 0.308 e. The van der Waals surface area contributed by atoms with E-state index in [4.69, 9.17) is 0 Å². The Hall–Kier alpha value is -1.85. The molecule has 1 saturated carbocycles. The van der Waals surface area contributed by atoms with E-state index in [1.54, 1.807) is 4.90 Å². The van der Waals surface area contributed by atoms with E-state index < -0.39 is 5.97 Å². The molecule has 23 heavy (non-hydrogen) atoms. The van der Waals surface area contributed by atoms with Crippen molar-refractivity contribution in [2.75, 3.05) is 13.1 Å². The Morgan fingerprint density at radius 1 is 1.30 bits per heavy atom. The second kappa shape index (κ2) is 6.34. The summed E-state index contributed by atoms with van der Waals surface area (Å²) in [5.74, 6) is -0.362. The molecule has 1 aliphatic carbocycles. The molecule has 1 aromatic rings. The van der Waals surface area contributed by atoms with Gasteiger partial charge in [0.1, 0.15) is 0 Å². The van der Waals surface area contributed by atoms with Gasteiger partial charge in [-0.1, -0.05) is 0 Å². The second-order valence-corrected chi connectivity index (χ2v) is 7.00. The van der Waals surface area contributed by atoms with Crippen LogP contribution < -0.4 is 0 Å². The first-order chi connectivity index (χ1) is 11.0. The minimum Gasteiger partial charge on any atom is -0.481 e. The van der Waals surface area contributed by atoms with Gasteiger partial charge < -0.3 is 10.0 Å². The number of carbonyl (C=O) groups is 2. The average molecular weight is 319 g/mol. The van der Waals surface area contributed by atoms with E-state index in [0.717, 1.165) is 37.2 Å². The number of carbonyl (C=O) groups excluding carboxylic acids is 1. The van der Waals surface area contributed by atoms with Crippen molar-refractivity contribution in [1.82, 2.24) is 14.7 Å². The molecule has 3 rings (SSSR count). The number of aliphatic carboxylic acids is 1. The van der Waals surface area contributed by atoms with Crippen LogP contribution in [0.5, 0.6) is 0 Å². The molecule has 126 valence electrons. The summed E-state index contributed by atoms with van der Waals surface area (Å²) in [6.07, 6.45) is 3.44. The van der Waals surface area contributed by atoms with Crippen LogP contribution in [0.2, 0.25) is 0 Å². The fraction of sp³-hybridized carbons (Fsp3) is 0.706. The van der Waals surface area contributed by atoms with Gasteiger partial charge in [0.05, 0.1) is 11.6 Å². The number of aryl methyl sites for hydroxylation is 3. The number of hydrogen-bond donors (Lipinski definition) is 1. The van der Waals surface area contributed by atoms with E-state index in [2.05, 4.69) is 5.10 Å². The fourth-order valence-corrected chi connectivity index (χ4v) is 3.74. The zero-order valence-electron chi connectivity index (χ0n) is 13.9. The molecule has 0 aromatic carbocycles. The van der Waals surface area contributed by atoms with Crippen LogP contribution in [0.4, 0.5) is 0 Å². The molecular weight excluding hydrogens is 294 g/mol. The van der Waals surface area contributed by atoms with Crippen LogP contribution in [-0.2, 0) is 16.1 Å². The minimum absolute atomic E-state index is 0.0842. The highest BCUT2D eigenvalue weighted by atomic mass is 16.4. The molecule has 2 aliphatic rings. The van der Waals surface area contributed by atoms with E-state index in [0.29, 0.717) is 25.4 Å². The van der Waals surface area contributed by atoms with Gasteiger partial charge >= 0.3 is 5.97 Å². The summed E-state index contributed by atoms with van der Waals surface area (Å²) in [5.41, 5.74) is 2.10. The van der Waals surface area contributed by atoms with Gasteiger partial charge in [-0.25, -0.2) is 0 Å². The fourth-order valence-electron chi connectivity index (χ4n) is 3.74. The molecular formula is C17H25N3O3. The predicted molar refractivity (Wildman–Crippen MR) is 84.9 cm³/mol. The summed E-state index contributed by atoms with van der Waals surface area (Å²) in [7, 11) is 0. The van der Waals surface area contributed by atoms with E-state index in [9.17, 15) is 14.7 Å². The van der Waals surface area contributed by atoms with Crippen molar-refractivity contribution in [2.24, 2.45) is 17.8 Å². The minimum atomic E-state index is -0.750. The van der Waals surface area contributed by atoms with Crippen molar-refractivity contribution in [1.29, 1.82) is 0 Å². The van der Waals surface area contributed by atoms with Crippen LogP contribution in [0.25, 0.3) is 0 Å². The van der Waals surface area contributed by atoms with Gasteiger partial charge in [-0.15, -0.1) is 0 Å². The number of nitrogens with zero attached hydrogens (tertiary/aromatic N) is 3. The number of carboxylic acid groups (broad SMARTS) is 1. The van der Waals surface area contributed by atoms with Gasteiger partial charge in [0.15, 0.2) is 0 Å². The lowest BCUT2D eigenvalue weighted by atomic mass is 9.92. The van der Waals surface area contributed by atoms with Crippen LogP contribution >= 0.6 is 0 Å². The topological polar surface area (TPSA) is 75.4 Å². The Bertz CT molecular complexity index is 606. The summed E-state index contributed by atoms with van der Waals surface area (Å²) < 4.78 is 1.93.